The van der Waals surface area contributed by atoms with Crippen molar-refractivity contribution in [3.8, 4) is 0 Å². The highest BCUT2D eigenvalue weighted by molar-refractivity contribution is 7.09. The Labute approximate surface area is 135 Å². The van der Waals surface area contributed by atoms with Crippen LogP contribution in [0.25, 0.3) is 0 Å². The van der Waals surface area contributed by atoms with Crippen LogP contribution in [-0.4, -0.2) is 46.9 Å². The number of benzene rings is 1. The standard InChI is InChI=1S/C17H21N3OS/c1-14(21)20-9-7-19(8-10-20)12-17-18-16(13-22-17)11-15-5-3-2-4-6-15/h2-6,13H,7-12H2,1H3. The minimum atomic E-state index is 0.180. The van der Waals surface area contributed by atoms with E-state index in [2.05, 4.69) is 34.5 Å². The summed E-state index contributed by atoms with van der Waals surface area (Å²) in [6.45, 7) is 6.08. The number of amides is 1. The molecule has 22 heavy (non-hydrogen) atoms. The van der Waals surface area contributed by atoms with Crippen molar-refractivity contribution in [2.24, 2.45) is 0 Å². The topological polar surface area (TPSA) is 36.4 Å². The Balaban J connectivity index is 1.53. The minimum absolute atomic E-state index is 0.180. The summed E-state index contributed by atoms with van der Waals surface area (Å²) in [6.07, 6.45) is 0.898. The van der Waals surface area contributed by atoms with Gasteiger partial charge in [0.25, 0.3) is 0 Å². The lowest BCUT2D eigenvalue weighted by molar-refractivity contribution is -0.130. The summed E-state index contributed by atoms with van der Waals surface area (Å²) in [5.74, 6) is 0.180. The van der Waals surface area contributed by atoms with Crippen LogP contribution in [0.3, 0.4) is 0 Å². The second-order valence-electron chi connectivity index (χ2n) is 5.68. The number of hydrogen-bond donors (Lipinski definition) is 0. The van der Waals surface area contributed by atoms with Crippen LogP contribution < -0.4 is 0 Å². The van der Waals surface area contributed by atoms with Gasteiger partial charge >= 0.3 is 0 Å². The maximum Gasteiger partial charge on any atom is 0.219 e. The summed E-state index contributed by atoms with van der Waals surface area (Å²) in [4.78, 5) is 20.4. The van der Waals surface area contributed by atoms with Crippen LogP contribution in [0.1, 0.15) is 23.2 Å². The molecule has 1 aromatic carbocycles. The molecule has 0 radical (unpaired) electrons. The van der Waals surface area contributed by atoms with Gasteiger partial charge in [-0.05, 0) is 5.56 Å². The molecule has 5 heteroatoms. The Hall–Kier alpha value is -1.72. The van der Waals surface area contributed by atoms with E-state index in [1.165, 1.54) is 10.6 Å². The number of hydrogen-bond acceptors (Lipinski definition) is 4. The summed E-state index contributed by atoms with van der Waals surface area (Å²) in [6, 6.07) is 10.4. The van der Waals surface area contributed by atoms with Gasteiger partial charge < -0.3 is 4.90 Å². The highest BCUT2D eigenvalue weighted by atomic mass is 32.1. The summed E-state index contributed by atoms with van der Waals surface area (Å²) in [5.41, 5.74) is 2.45. The van der Waals surface area contributed by atoms with Gasteiger partial charge in [-0.15, -0.1) is 11.3 Å². The van der Waals surface area contributed by atoms with Gasteiger partial charge in [-0.2, -0.15) is 0 Å². The average Bonchev–Trinajstić information content (AvgIpc) is 2.96. The van der Waals surface area contributed by atoms with E-state index in [1.807, 2.05) is 11.0 Å². The lowest BCUT2D eigenvalue weighted by Gasteiger charge is -2.33. The molecule has 0 N–H and O–H groups in total. The van der Waals surface area contributed by atoms with E-state index in [4.69, 9.17) is 4.98 Å². The van der Waals surface area contributed by atoms with E-state index in [1.54, 1.807) is 18.3 Å². The number of carbonyl (C=O) groups is 1. The van der Waals surface area contributed by atoms with E-state index in [0.717, 1.165) is 44.8 Å². The Bertz CT molecular complexity index is 618. The first-order valence-electron chi connectivity index (χ1n) is 7.66. The molecule has 0 saturated carbocycles. The Kier molecular flexibility index (Phi) is 4.85. The first-order valence-corrected chi connectivity index (χ1v) is 8.54. The van der Waals surface area contributed by atoms with E-state index >= 15 is 0 Å². The summed E-state index contributed by atoms with van der Waals surface area (Å²) in [7, 11) is 0. The van der Waals surface area contributed by atoms with Gasteiger partial charge in [-0.1, -0.05) is 30.3 Å². The monoisotopic (exact) mass is 315 g/mol. The molecule has 1 amide bonds. The van der Waals surface area contributed by atoms with Crippen molar-refractivity contribution in [1.29, 1.82) is 0 Å². The SMILES string of the molecule is CC(=O)N1CCN(Cc2nc(Cc3ccccc3)cs2)CC1. The highest BCUT2D eigenvalue weighted by Crippen LogP contribution is 2.16. The molecule has 0 aliphatic carbocycles. The van der Waals surface area contributed by atoms with Gasteiger partial charge in [0.1, 0.15) is 5.01 Å². The maximum atomic E-state index is 11.3. The zero-order valence-electron chi connectivity index (χ0n) is 12.9. The molecular weight excluding hydrogens is 294 g/mol. The number of nitrogens with zero attached hydrogens (tertiary/aromatic N) is 3. The van der Waals surface area contributed by atoms with Crippen LogP contribution in [0.4, 0.5) is 0 Å². The van der Waals surface area contributed by atoms with Crippen molar-refractivity contribution >= 4 is 17.2 Å². The molecule has 0 spiro atoms. The lowest BCUT2D eigenvalue weighted by atomic mass is 10.1. The van der Waals surface area contributed by atoms with E-state index in [0.29, 0.717) is 0 Å². The van der Waals surface area contributed by atoms with Gasteiger partial charge in [-0.3, -0.25) is 9.69 Å². The summed E-state index contributed by atoms with van der Waals surface area (Å²) >= 11 is 1.74. The molecule has 3 rings (SSSR count). The third-order valence-electron chi connectivity index (χ3n) is 4.00. The molecule has 1 aromatic heterocycles. The number of thiazole rings is 1. The van der Waals surface area contributed by atoms with Gasteiger partial charge in [0.15, 0.2) is 0 Å². The van der Waals surface area contributed by atoms with Gasteiger partial charge in [0, 0.05) is 44.9 Å². The van der Waals surface area contributed by atoms with Crippen molar-refractivity contribution in [2.45, 2.75) is 19.9 Å². The third kappa shape index (κ3) is 3.93. The zero-order chi connectivity index (χ0) is 15.4. The van der Waals surface area contributed by atoms with Crippen molar-refractivity contribution in [3.05, 3.63) is 52.0 Å². The van der Waals surface area contributed by atoms with Gasteiger partial charge in [-0.25, -0.2) is 4.98 Å². The van der Waals surface area contributed by atoms with Crippen molar-refractivity contribution in [1.82, 2.24) is 14.8 Å². The second kappa shape index (κ2) is 7.03. The molecular formula is C17H21N3OS. The van der Waals surface area contributed by atoms with E-state index in [-0.39, 0.29) is 5.91 Å². The van der Waals surface area contributed by atoms with Crippen LogP contribution in [0.15, 0.2) is 35.7 Å². The third-order valence-corrected chi connectivity index (χ3v) is 4.89. The largest absolute Gasteiger partial charge is 0.340 e. The lowest BCUT2D eigenvalue weighted by Crippen LogP contribution is -2.47. The van der Waals surface area contributed by atoms with Crippen LogP contribution in [0, 0.1) is 0 Å². The molecule has 2 aromatic rings. The molecule has 1 fully saturated rings. The minimum Gasteiger partial charge on any atom is -0.340 e. The number of piperazine rings is 1. The maximum absolute atomic E-state index is 11.3. The molecule has 1 aliphatic heterocycles. The smallest absolute Gasteiger partial charge is 0.219 e. The van der Waals surface area contributed by atoms with Crippen LogP contribution >= 0.6 is 11.3 Å². The molecule has 1 aliphatic rings. The highest BCUT2D eigenvalue weighted by Gasteiger charge is 2.19. The quantitative estimate of drug-likeness (QED) is 0.869. The first-order chi connectivity index (χ1) is 10.7. The van der Waals surface area contributed by atoms with Gasteiger partial charge in [0.2, 0.25) is 5.91 Å². The molecule has 116 valence electrons. The Morgan fingerprint density at radius 2 is 1.91 bits per heavy atom. The van der Waals surface area contributed by atoms with Crippen molar-refractivity contribution in [3.63, 3.8) is 0 Å². The van der Waals surface area contributed by atoms with Crippen molar-refractivity contribution < 1.29 is 4.79 Å². The number of carbonyl (C=O) groups excluding carboxylic acids is 1. The fourth-order valence-electron chi connectivity index (χ4n) is 2.72. The average molecular weight is 315 g/mol. The van der Waals surface area contributed by atoms with Crippen LogP contribution in [0.2, 0.25) is 0 Å². The zero-order valence-corrected chi connectivity index (χ0v) is 13.7. The summed E-state index contributed by atoms with van der Waals surface area (Å²) < 4.78 is 0. The van der Waals surface area contributed by atoms with E-state index < -0.39 is 0 Å². The van der Waals surface area contributed by atoms with Gasteiger partial charge in [0.05, 0.1) is 12.2 Å². The molecule has 2 heterocycles. The summed E-state index contributed by atoms with van der Waals surface area (Å²) in [5, 5.41) is 3.33. The number of rotatable bonds is 4. The first kappa shape index (κ1) is 15.2. The van der Waals surface area contributed by atoms with Crippen LogP contribution in [0.5, 0.6) is 0 Å². The predicted octanol–water partition coefficient (Wildman–Crippen LogP) is 2.40. The van der Waals surface area contributed by atoms with Crippen LogP contribution in [-0.2, 0) is 17.8 Å². The molecule has 1 saturated heterocycles. The molecule has 4 nitrogen and oxygen atoms in total. The van der Waals surface area contributed by atoms with Crippen molar-refractivity contribution in [2.75, 3.05) is 26.2 Å². The Morgan fingerprint density at radius 1 is 1.18 bits per heavy atom. The second-order valence-corrected chi connectivity index (χ2v) is 6.62. The van der Waals surface area contributed by atoms with E-state index in [9.17, 15) is 4.79 Å². The number of aromatic nitrogens is 1. The molecule has 0 bridgehead atoms. The predicted molar refractivity (Wildman–Crippen MR) is 88.9 cm³/mol. The molecule has 0 unspecified atom stereocenters. The fourth-order valence-corrected chi connectivity index (χ4v) is 3.56. The Morgan fingerprint density at radius 3 is 2.59 bits per heavy atom. The molecule has 0 atom stereocenters. The fraction of sp³-hybridized carbons (Fsp3) is 0.412. The normalized spacial score (nSPS) is 16.0.